The third-order valence-electron chi connectivity index (χ3n) is 3.27. The number of rotatable bonds is 6. The minimum atomic E-state index is 0.424. The Hall–Kier alpha value is 0.400. The van der Waals surface area contributed by atoms with Crippen LogP contribution in [0.25, 0.3) is 0 Å². The molecule has 0 spiro atoms. The predicted molar refractivity (Wildman–Crippen MR) is 66.6 cm³/mol. The average Bonchev–Trinajstić information content (AvgIpc) is 2.31. The summed E-state index contributed by atoms with van der Waals surface area (Å²) in [4.78, 5) is 0. The van der Waals surface area contributed by atoms with Gasteiger partial charge in [0, 0.05) is 12.4 Å². The van der Waals surface area contributed by atoms with E-state index in [4.69, 9.17) is 9.47 Å². The van der Waals surface area contributed by atoms with Gasteiger partial charge in [-0.05, 0) is 31.6 Å². The number of hydrogen-bond acceptors (Lipinski definition) is 2. The summed E-state index contributed by atoms with van der Waals surface area (Å²) >= 11 is 3.52. The minimum Gasteiger partial charge on any atom is -0.381 e. The van der Waals surface area contributed by atoms with E-state index in [1.54, 1.807) is 7.11 Å². The van der Waals surface area contributed by atoms with Crippen molar-refractivity contribution in [2.24, 2.45) is 5.92 Å². The molecule has 1 saturated carbocycles. The van der Waals surface area contributed by atoms with Gasteiger partial charge in [-0.15, -0.1) is 0 Å². The molecule has 0 aromatic rings. The van der Waals surface area contributed by atoms with Crippen LogP contribution in [0.4, 0.5) is 0 Å². The van der Waals surface area contributed by atoms with Crippen LogP contribution < -0.4 is 0 Å². The molecular weight excluding hydrogens is 256 g/mol. The van der Waals surface area contributed by atoms with Crippen LogP contribution in [0, 0.1) is 5.92 Å². The molecule has 0 heterocycles. The molecule has 90 valence electrons. The summed E-state index contributed by atoms with van der Waals surface area (Å²) in [5.41, 5.74) is 0. The maximum absolute atomic E-state index is 5.95. The number of methoxy groups -OCH3 is 1. The highest BCUT2D eigenvalue weighted by atomic mass is 79.9. The Kier molecular flexibility index (Phi) is 6.86. The quantitative estimate of drug-likeness (QED) is 0.694. The second-order valence-corrected chi connectivity index (χ2v) is 5.06. The number of ether oxygens (including phenoxy) is 2. The van der Waals surface area contributed by atoms with Gasteiger partial charge in [-0.1, -0.05) is 29.3 Å². The van der Waals surface area contributed by atoms with Crippen LogP contribution >= 0.6 is 15.9 Å². The zero-order valence-electron chi connectivity index (χ0n) is 9.88. The van der Waals surface area contributed by atoms with Crippen molar-refractivity contribution >= 4 is 15.9 Å². The Bertz CT molecular complexity index is 160. The van der Waals surface area contributed by atoms with Crippen LogP contribution in [0.2, 0.25) is 0 Å². The molecule has 0 bridgehead atoms. The van der Waals surface area contributed by atoms with Crippen molar-refractivity contribution in [3.05, 3.63) is 0 Å². The molecule has 3 unspecified atom stereocenters. The highest BCUT2D eigenvalue weighted by Gasteiger charge is 2.22. The fourth-order valence-corrected chi connectivity index (χ4v) is 2.66. The molecule has 0 aromatic heterocycles. The summed E-state index contributed by atoms with van der Waals surface area (Å²) in [7, 11) is 1.81. The monoisotopic (exact) mass is 278 g/mol. The Morgan fingerprint density at radius 1 is 1.33 bits per heavy atom. The first-order valence-electron chi connectivity index (χ1n) is 6.00. The van der Waals surface area contributed by atoms with Gasteiger partial charge in [0.2, 0.25) is 0 Å². The molecule has 2 nitrogen and oxygen atoms in total. The van der Waals surface area contributed by atoms with Gasteiger partial charge in [0.25, 0.3) is 0 Å². The van der Waals surface area contributed by atoms with Crippen molar-refractivity contribution in [1.82, 2.24) is 0 Å². The van der Waals surface area contributed by atoms with Crippen LogP contribution in [0.3, 0.4) is 0 Å². The SMILES string of the molecule is CCC(CBr)COC1CCCC(OC)C1. The van der Waals surface area contributed by atoms with E-state index in [0.717, 1.165) is 18.4 Å². The topological polar surface area (TPSA) is 18.5 Å². The molecule has 0 radical (unpaired) electrons. The molecule has 15 heavy (non-hydrogen) atoms. The second-order valence-electron chi connectivity index (χ2n) is 4.41. The predicted octanol–water partition coefficient (Wildman–Crippen LogP) is 3.38. The standard InChI is InChI=1S/C12H23BrO2/c1-3-10(8-13)9-15-12-6-4-5-11(7-12)14-2/h10-12H,3-9H2,1-2H3. The summed E-state index contributed by atoms with van der Waals surface area (Å²) < 4.78 is 11.3. The highest BCUT2D eigenvalue weighted by molar-refractivity contribution is 9.09. The average molecular weight is 279 g/mol. The van der Waals surface area contributed by atoms with E-state index in [-0.39, 0.29) is 0 Å². The lowest BCUT2D eigenvalue weighted by Crippen LogP contribution is -2.29. The van der Waals surface area contributed by atoms with Gasteiger partial charge in [0.05, 0.1) is 18.8 Å². The number of alkyl halides is 1. The molecule has 3 heteroatoms. The first kappa shape index (κ1) is 13.5. The third-order valence-corrected chi connectivity index (χ3v) is 4.19. The molecule has 1 fully saturated rings. The first-order chi connectivity index (χ1) is 7.30. The molecule has 1 rings (SSSR count). The van der Waals surface area contributed by atoms with E-state index in [1.807, 2.05) is 0 Å². The van der Waals surface area contributed by atoms with Crippen LogP contribution in [-0.2, 0) is 9.47 Å². The van der Waals surface area contributed by atoms with E-state index in [2.05, 4.69) is 22.9 Å². The van der Waals surface area contributed by atoms with E-state index >= 15 is 0 Å². The largest absolute Gasteiger partial charge is 0.381 e. The lowest BCUT2D eigenvalue weighted by Gasteiger charge is -2.29. The van der Waals surface area contributed by atoms with E-state index in [0.29, 0.717) is 18.1 Å². The molecule has 3 atom stereocenters. The van der Waals surface area contributed by atoms with Crippen LogP contribution in [0.15, 0.2) is 0 Å². The zero-order valence-corrected chi connectivity index (χ0v) is 11.5. The van der Waals surface area contributed by atoms with Crippen molar-refractivity contribution in [3.8, 4) is 0 Å². The summed E-state index contributed by atoms with van der Waals surface area (Å²) in [6.07, 6.45) is 6.77. The Morgan fingerprint density at radius 3 is 2.67 bits per heavy atom. The van der Waals surface area contributed by atoms with Gasteiger partial charge in [-0.3, -0.25) is 0 Å². The lowest BCUT2D eigenvalue weighted by molar-refractivity contribution is -0.0381. The fraction of sp³-hybridized carbons (Fsp3) is 1.00. The Balaban J connectivity index is 2.20. The summed E-state index contributed by atoms with van der Waals surface area (Å²) in [6, 6.07) is 0. The summed E-state index contributed by atoms with van der Waals surface area (Å²) in [5, 5.41) is 1.05. The van der Waals surface area contributed by atoms with Crippen molar-refractivity contribution in [2.75, 3.05) is 19.0 Å². The van der Waals surface area contributed by atoms with Gasteiger partial charge in [-0.2, -0.15) is 0 Å². The molecule has 0 aliphatic heterocycles. The van der Waals surface area contributed by atoms with Gasteiger partial charge in [0.1, 0.15) is 0 Å². The van der Waals surface area contributed by atoms with Crippen LogP contribution in [0.1, 0.15) is 39.0 Å². The maximum Gasteiger partial charge on any atom is 0.0600 e. The molecule has 0 aromatic carbocycles. The van der Waals surface area contributed by atoms with Crippen molar-refractivity contribution in [1.29, 1.82) is 0 Å². The zero-order chi connectivity index (χ0) is 11.1. The van der Waals surface area contributed by atoms with Crippen molar-refractivity contribution in [3.63, 3.8) is 0 Å². The van der Waals surface area contributed by atoms with Crippen LogP contribution in [0.5, 0.6) is 0 Å². The van der Waals surface area contributed by atoms with E-state index in [1.165, 1.54) is 25.7 Å². The van der Waals surface area contributed by atoms with Crippen LogP contribution in [-0.4, -0.2) is 31.3 Å². The molecule has 0 saturated heterocycles. The van der Waals surface area contributed by atoms with Gasteiger partial charge in [-0.25, -0.2) is 0 Å². The molecule has 0 amide bonds. The normalized spacial score (nSPS) is 29.0. The highest BCUT2D eigenvalue weighted by Crippen LogP contribution is 2.23. The van der Waals surface area contributed by atoms with Crippen molar-refractivity contribution < 1.29 is 9.47 Å². The molecule has 0 N–H and O–H groups in total. The van der Waals surface area contributed by atoms with E-state index < -0.39 is 0 Å². The lowest BCUT2D eigenvalue weighted by atomic mass is 9.95. The Labute approximate surface area is 102 Å². The Morgan fingerprint density at radius 2 is 2.07 bits per heavy atom. The maximum atomic E-state index is 5.95. The van der Waals surface area contributed by atoms with E-state index in [9.17, 15) is 0 Å². The molecular formula is C12H23BrO2. The smallest absolute Gasteiger partial charge is 0.0600 e. The summed E-state index contributed by atoms with van der Waals surface area (Å²) in [5.74, 6) is 0.660. The van der Waals surface area contributed by atoms with Gasteiger partial charge < -0.3 is 9.47 Å². The third kappa shape index (κ3) is 4.83. The molecule has 1 aliphatic rings. The fourth-order valence-electron chi connectivity index (χ4n) is 2.01. The number of halogens is 1. The summed E-state index contributed by atoms with van der Waals surface area (Å²) in [6.45, 7) is 3.11. The second kappa shape index (κ2) is 7.64. The van der Waals surface area contributed by atoms with Crippen molar-refractivity contribution in [2.45, 2.75) is 51.2 Å². The van der Waals surface area contributed by atoms with Gasteiger partial charge >= 0.3 is 0 Å². The first-order valence-corrected chi connectivity index (χ1v) is 7.12. The minimum absolute atomic E-state index is 0.424. The van der Waals surface area contributed by atoms with Gasteiger partial charge in [0.15, 0.2) is 0 Å². The number of hydrogen-bond donors (Lipinski definition) is 0. The molecule has 1 aliphatic carbocycles.